The Hall–Kier alpha value is -1.64. The first-order valence-electron chi connectivity index (χ1n) is 6.44. The van der Waals surface area contributed by atoms with Crippen LogP contribution in [-0.4, -0.2) is 23.0 Å². The Labute approximate surface area is 127 Å². The molecule has 110 valence electrons. The van der Waals surface area contributed by atoms with E-state index < -0.39 is 23.5 Å². The number of amides is 1. The highest BCUT2D eigenvalue weighted by Crippen LogP contribution is 2.47. The van der Waals surface area contributed by atoms with E-state index in [0.717, 1.165) is 0 Å². The maximum absolute atomic E-state index is 13.9. The number of carbonyl (C=O) groups excluding carboxylic acids is 1. The van der Waals surface area contributed by atoms with E-state index in [9.17, 15) is 9.36 Å². The molecule has 2 aromatic carbocycles. The van der Waals surface area contributed by atoms with Crippen LogP contribution in [-0.2, 0) is 9.36 Å². The van der Waals surface area contributed by atoms with E-state index in [-0.39, 0.29) is 0 Å². The minimum atomic E-state index is -3.19. The van der Waals surface area contributed by atoms with Gasteiger partial charge in [-0.2, -0.15) is 10.5 Å². The fourth-order valence-corrected chi connectivity index (χ4v) is 7.63. The molecule has 2 rings (SSSR count). The van der Waals surface area contributed by atoms with E-state index >= 15 is 0 Å². The lowest BCUT2D eigenvalue weighted by atomic mass is 10.4. The monoisotopic (exact) mass is 319 g/mol. The Bertz CT molecular complexity index is 679. The van der Waals surface area contributed by atoms with Crippen LogP contribution in [0.25, 0.3) is 0 Å². The first kappa shape index (κ1) is 15.7. The highest BCUT2D eigenvalue weighted by atomic mass is 32.2. The Morgan fingerprint density at radius 1 is 0.905 bits per heavy atom. The van der Waals surface area contributed by atoms with Crippen molar-refractivity contribution in [2.45, 2.75) is 0 Å². The second kappa shape index (κ2) is 6.42. The summed E-state index contributed by atoms with van der Waals surface area (Å²) in [4.78, 5) is 12.0. The molecule has 0 radical (unpaired) electrons. The lowest BCUT2D eigenvalue weighted by Gasteiger charge is -2.22. The molecule has 0 fully saturated rings. The molecule has 0 aliphatic heterocycles. The molecular weight excluding hydrogens is 301 g/mol. The molecular formula is C16H18NO2PS. The number of primary amides is 1. The minimum Gasteiger partial charge on any atom is -0.365 e. The van der Waals surface area contributed by atoms with Gasteiger partial charge in [-0.3, -0.25) is 4.79 Å². The SMILES string of the molecule is CS(C)=C(C(N)=O)P(=O)(c1ccccc1)c1ccccc1. The van der Waals surface area contributed by atoms with E-state index in [4.69, 9.17) is 5.73 Å². The fraction of sp³-hybridized carbons (Fsp3) is 0.125. The van der Waals surface area contributed by atoms with Crippen LogP contribution in [0.5, 0.6) is 0 Å². The first-order chi connectivity index (χ1) is 9.98. The molecule has 0 saturated carbocycles. The smallest absolute Gasteiger partial charge is 0.258 e. The summed E-state index contributed by atoms with van der Waals surface area (Å²) in [7, 11) is -3.67. The van der Waals surface area contributed by atoms with E-state index in [1.54, 1.807) is 24.3 Å². The molecule has 0 atom stereocenters. The largest absolute Gasteiger partial charge is 0.365 e. The molecule has 0 aliphatic rings. The third-order valence-corrected chi connectivity index (χ3v) is 8.81. The maximum atomic E-state index is 13.9. The van der Waals surface area contributed by atoms with Crippen molar-refractivity contribution in [2.24, 2.45) is 5.73 Å². The van der Waals surface area contributed by atoms with Gasteiger partial charge in [-0.25, -0.2) is 0 Å². The minimum absolute atomic E-state index is 0.319. The summed E-state index contributed by atoms with van der Waals surface area (Å²) in [6, 6.07) is 18.2. The molecule has 3 nitrogen and oxygen atoms in total. The van der Waals surface area contributed by atoms with Gasteiger partial charge in [-0.05, 0) is 12.5 Å². The molecule has 0 spiro atoms. The number of hydrogen-bond donors (Lipinski definition) is 1. The van der Waals surface area contributed by atoms with E-state index in [0.29, 0.717) is 15.2 Å². The summed E-state index contributed by atoms with van der Waals surface area (Å²) in [6.07, 6.45) is 3.75. The highest BCUT2D eigenvalue weighted by molar-refractivity contribution is 8.26. The zero-order chi connectivity index (χ0) is 15.5. The van der Waals surface area contributed by atoms with Gasteiger partial charge in [-0.15, -0.1) is 0 Å². The van der Waals surface area contributed by atoms with Gasteiger partial charge in [0.25, 0.3) is 5.91 Å². The summed E-state index contributed by atoms with van der Waals surface area (Å²) in [5.74, 6) is -0.584. The second-order valence-corrected chi connectivity index (χ2v) is 9.81. The molecule has 1 amide bonds. The van der Waals surface area contributed by atoms with Crippen molar-refractivity contribution in [1.29, 1.82) is 0 Å². The van der Waals surface area contributed by atoms with Gasteiger partial charge in [-0.1, -0.05) is 60.7 Å². The Balaban J connectivity index is 2.82. The maximum Gasteiger partial charge on any atom is 0.258 e. The number of benzene rings is 2. The normalized spacial score (nSPS) is 11.4. The third-order valence-electron chi connectivity index (χ3n) is 3.12. The molecule has 0 heterocycles. The van der Waals surface area contributed by atoms with Gasteiger partial charge < -0.3 is 10.3 Å². The van der Waals surface area contributed by atoms with Crippen LogP contribution in [0.2, 0.25) is 0 Å². The van der Waals surface area contributed by atoms with Crippen LogP contribution in [0.4, 0.5) is 0 Å². The highest BCUT2D eigenvalue weighted by Gasteiger charge is 2.35. The Kier molecular flexibility index (Phi) is 4.81. The predicted molar refractivity (Wildman–Crippen MR) is 93.4 cm³/mol. The predicted octanol–water partition coefficient (Wildman–Crippen LogP) is 2.14. The van der Waals surface area contributed by atoms with Crippen LogP contribution in [0.1, 0.15) is 0 Å². The fourth-order valence-electron chi connectivity index (χ4n) is 2.27. The Morgan fingerprint density at radius 3 is 1.57 bits per heavy atom. The van der Waals surface area contributed by atoms with Crippen molar-refractivity contribution in [3.05, 3.63) is 60.7 Å². The molecule has 0 saturated heterocycles. The van der Waals surface area contributed by atoms with Gasteiger partial charge in [0.2, 0.25) is 0 Å². The summed E-state index contributed by atoms with van der Waals surface area (Å²) in [5.41, 5.74) is 5.56. The Morgan fingerprint density at radius 2 is 1.29 bits per heavy atom. The van der Waals surface area contributed by atoms with Crippen LogP contribution in [0.3, 0.4) is 0 Å². The van der Waals surface area contributed by atoms with Crippen LogP contribution >= 0.6 is 17.6 Å². The van der Waals surface area contributed by atoms with Gasteiger partial charge in [0.15, 0.2) is 7.14 Å². The van der Waals surface area contributed by atoms with E-state index in [1.165, 1.54) is 0 Å². The van der Waals surface area contributed by atoms with E-state index in [2.05, 4.69) is 0 Å². The number of nitrogens with two attached hydrogens (primary N) is 1. The van der Waals surface area contributed by atoms with Crippen molar-refractivity contribution in [1.82, 2.24) is 0 Å². The average Bonchev–Trinajstić information content (AvgIpc) is 2.48. The molecule has 0 aliphatic carbocycles. The van der Waals surface area contributed by atoms with E-state index in [1.807, 2.05) is 48.9 Å². The van der Waals surface area contributed by atoms with Crippen molar-refractivity contribution in [3.63, 3.8) is 0 Å². The summed E-state index contributed by atoms with van der Waals surface area (Å²) < 4.78 is 14.2. The first-order valence-corrected chi connectivity index (χ1v) is 10.2. The number of hydrogen-bond acceptors (Lipinski definition) is 2. The van der Waals surface area contributed by atoms with Crippen molar-refractivity contribution in [2.75, 3.05) is 12.5 Å². The molecule has 21 heavy (non-hydrogen) atoms. The van der Waals surface area contributed by atoms with Crippen molar-refractivity contribution < 1.29 is 9.36 Å². The lowest BCUT2D eigenvalue weighted by molar-refractivity contribution is -0.111. The van der Waals surface area contributed by atoms with Crippen molar-refractivity contribution in [3.8, 4) is 0 Å². The summed E-state index contributed by atoms with van der Waals surface area (Å²) in [5, 5.41) is 1.29. The van der Waals surface area contributed by atoms with Crippen LogP contribution in [0.15, 0.2) is 60.7 Å². The second-order valence-electron chi connectivity index (χ2n) is 4.77. The molecule has 5 heteroatoms. The topological polar surface area (TPSA) is 60.2 Å². The number of carbonyl (C=O) groups is 1. The summed E-state index contributed by atoms with van der Waals surface area (Å²) in [6.45, 7) is 0. The summed E-state index contributed by atoms with van der Waals surface area (Å²) >= 11 is 0. The van der Waals surface area contributed by atoms with Gasteiger partial charge in [0.1, 0.15) is 4.61 Å². The molecule has 0 unspecified atom stereocenters. The zero-order valence-corrected chi connectivity index (χ0v) is 13.7. The quantitative estimate of drug-likeness (QED) is 0.693. The molecule has 0 bridgehead atoms. The standard InChI is InChI=1S/C16H18NO2PS/c1-21(2)16(15(17)18)20(19,13-9-5-3-6-10-13)14-11-7-4-8-12-14/h3-12H,1-2H3,(H2,17,18). The van der Waals surface area contributed by atoms with Gasteiger partial charge in [0.05, 0.1) is 0 Å². The van der Waals surface area contributed by atoms with Gasteiger partial charge in [0, 0.05) is 10.6 Å². The molecule has 2 N–H and O–H groups in total. The van der Waals surface area contributed by atoms with Crippen LogP contribution < -0.4 is 16.3 Å². The average molecular weight is 319 g/mol. The molecule has 2 aromatic rings. The third kappa shape index (κ3) is 3.02. The lowest BCUT2D eigenvalue weighted by Crippen LogP contribution is -2.32. The number of rotatable bonds is 4. The van der Waals surface area contributed by atoms with Crippen LogP contribution in [0, 0.1) is 0 Å². The zero-order valence-electron chi connectivity index (χ0n) is 12.0. The van der Waals surface area contributed by atoms with Gasteiger partial charge >= 0.3 is 0 Å². The van der Waals surface area contributed by atoms with Crippen molar-refractivity contribution >= 4 is 38.7 Å². The molecule has 0 aromatic heterocycles.